The molecule has 0 saturated heterocycles. The fourth-order valence-corrected chi connectivity index (χ4v) is 3.54. The smallest absolute Gasteiger partial charge is 0.224 e. The third-order valence-electron chi connectivity index (χ3n) is 3.78. The van der Waals surface area contributed by atoms with Crippen LogP contribution in [-0.2, 0) is 4.79 Å². The van der Waals surface area contributed by atoms with Crippen LogP contribution >= 0.6 is 34.5 Å². The van der Waals surface area contributed by atoms with E-state index in [9.17, 15) is 4.79 Å². The van der Waals surface area contributed by atoms with E-state index >= 15 is 0 Å². The Kier molecular flexibility index (Phi) is 6.72. The number of aryl methyl sites for hydroxylation is 1. The average molecular weight is 421 g/mol. The van der Waals surface area contributed by atoms with Crippen LogP contribution in [0.25, 0.3) is 11.3 Å². The van der Waals surface area contributed by atoms with Crippen molar-refractivity contribution < 1.29 is 9.53 Å². The summed E-state index contributed by atoms with van der Waals surface area (Å²) in [6.07, 6.45) is 0.944. The van der Waals surface area contributed by atoms with E-state index in [1.807, 2.05) is 36.6 Å². The quantitative estimate of drug-likeness (QED) is 0.461. The van der Waals surface area contributed by atoms with Crippen LogP contribution in [-0.4, -0.2) is 17.5 Å². The lowest BCUT2D eigenvalue weighted by Crippen LogP contribution is -2.12. The van der Waals surface area contributed by atoms with Gasteiger partial charge in [0.05, 0.1) is 22.3 Å². The standard InChI is InChI=1S/C20H18Cl2N2O2S/c1-13-23-18(12-27-13)14-4-7-16(8-5-14)24-20(25)3-2-10-26-19-9-6-15(21)11-17(19)22/h4-9,11-12H,2-3,10H2,1H3,(H,24,25). The Hall–Kier alpha value is -2.08. The van der Waals surface area contributed by atoms with Crippen molar-refractivity contribution in [3.8, 4) is 17.0 Å². The lowest BCUT2D eigenvalue weighted by Gasteiger charge is -2.09. The van der Waals surface area contributed by atoms with Crippen LogP contribution in [0.1, 0.15) is 17.8 Å². The number of nitrogens with zero attached hydrogens (tertiary/aromatic N) is 1. The van der Waals surface area contributed by atoms with E-state index in [1.54, 1.807) is 29.5 Å². The van der Waals surface area contributed by atoms with E-state index in [-0.39, 0.29) is 5.91 Å². The van der Waals surface area contributed by atoms with E-state index in [0.717, 1.165) is 22.0 Å². The molecule has 0 aliphatic rings. The summed E-state index contributed by atoms with van der Waals surface area (Å²) < 4.78 is 5.58. The van der Waals surface area contributed by atoms with Crippen LogP contribution < -0.4 is 10.1 Å². The van der Waals surface area contributed by atoms with Gasteiger partial charge in [0.25, 0.3) is 0 Å². The second-order valence-corrected chi connectivity index (χ2v) is 7.81. The highest BCUT2D eigenvalue weighted by Crippen LogP contribution is 2.27. The minimum absolute atomic E-state index is 0.0574. The number of ether oxygens (including phenoxy) is 1. The first-order valence-electron chi connectivity index (χ1n) is 8.41. The van der Waals surface area contributed by atoms with E-state index in [4.69, 9.17) is 27.9 Å². The molecule has 2 aromatic carbocycles. The van der Waals surface area contributed by atoms with E-state index < -0.39 is 0 Å². The van der Waals surface area contributed by atoms with Crippen molar-refractivity contribution in [3.05, 3.63) is 62.9 Å². The first-order valence-corrected chi connectivity index (χ1v) is 10.0. The molecule has 4 nitrogen and oxygen atoms in total. The van der Waals surface area contributed by atoms with Gasteiger partial charge in [0.2, 0.25) is 5.91 Å². The lowest BCUT2D eigenvalue weighted by atomic mass is 10.1. The largest absolute Gasteiger partial charge is 0.492 e. The van der Waals surface area contributed by atoms with Crippen molar-refractivity contribution in [1.29, 1.82) is 0 Å². The number of carbonyl (C=O) groups is 1. The van der Waals surface area contributed by atoms with Crippen LogP contribution in [0.5, 0.6) is 5.75 Å². The Balaban J connectivity index is 1.44. The number of amides is 1. The number of halogens is 2. The Morgan fingerprint density at radius 1 is 1.19 bits per heavy atom. The van der Waals surface area contributed by atoms with Gasteiger partial charge in [0.1, 0.15) is 5.75 Å². The summed E-state index contributed by atoms with van der Waals surface area (Å²) in [7, 11) is 0. The Labute approximate surface area is 172 Å². The molecule has 0 unspecified atom stereocenters. The maximum absolute atomic E-state index is 12.1. The predicted molar refractivity (Wildman–Crippen MR) is 112 cm³/mol. The van der Waals surface area contributed by atoms with Gasteiger partial charge >= 0.3 is 0 Å². The molecule has 7 heteroatoms. The van der Waals surface area contributed by atoms with Crippen LogP contribution in [0.15, 0.2) is 47.8 Å². The molecular formula is C20H18Cl2N2O2S. The summed E-state index contributed by atoms with van der Waals surface area (Å²) in [6.45, 7) is 2.38. The van der Waals surface area contributed by atoms with Crippen molar-refractivity contribution in [2.75, 3.05) is 11.9 Å². The minimum Gasteiger partial charge on any atom is -0.492 e. The second-order valence-electron chi connectivity index (χ2n) is 5.90. The molecule has 0 bridgehead atoms. The first kappa shape index (κ1) is 19.7. The van der Waals surface area contributed by atoms with Crippen LogP contribution in [0, 0.1) is 6.92 Å². The first-order chi connectivity index (χ1) is 13.0. The molecule has 140 valence electrons. The van der Waals surface area contributed by atoms with Gasteiger partial charge in [0, 0.05) is 28.1 Å². The van der Waals surface area contributed by atoms with Crippen molar-refractivity contribution in [2.24, 2.45) is 0 Å². The molecule has 0 spiro atoms. The number of hydrogen-bond acceptors (Lipinski definition) is 4. The highest BCUT2D eigenvalue weighted by molar-refractivity contribution is 7.09. The van der Waals surface area contributed by atoms with Gasteiger partial charge in [-0.3, -0.25) is 4.79 Å². The SMILES string of the molecule is Cc1nc(-c2ccc(NC(=O)CCCOc3ccc(Cl)cc3Cl)cc2)cs1. The molecule has 27 heavy (non-hydrogen) atoms. The topological polar surface area (TPSA) is 51.2 Å². The molecule has 1 amide bonds. The van der Waals surface area contributed by atoms with Gasteiger partial charge in [-0.2, -0.15) is 0 Å². The lowest BCUT2D eigenvalue weighted by molar-refractivity contribution is -0.116. The third-order valence-corrected chi connectivity index (χ3v) is 5.09. The number of anilines is 1. The monoisotopic (exact) mass is 420 g/mol. The summed E-state index contributed by atoms with van der Waals surface area (Å²) in [6, 6.07) is 12.7. The van der Waals surface area contributed by atoms with Gasteiger partial charge in [-0.1, -0.05) is 35.3 Å². The molecule has 1 aromatic heterocycles. The van der Waals surface area contributed by atoms with Crippen LogP contribution in [0.4, 0.5) is 5.69 Å². The predicted octanol–water partition coefficient (Wildman–Crippen LogP) is 6.22. The average Bonchev–Trinajstić information content (AvgIpc) is 3.07. The Morgan fingerprint density at radius 2 is 1.96 bits per heavy atom. The zero-order valence-corrected chi connectivity index (χ0v) is 17.0. The highest BCUT2D eigenvalue weighted by Gasteiger charge is 2.06. The molecule has 0 radical (unpaired) electrons. The Bertz CT molecular complexity index is 926. The zero-order chi connectivity index (χ0) is 19.2. The summed E-state index contributed by atoms with van der Waals surface area (Å²) in [5.41, 5.74) is 2.75. The number of hydrogen-bond donors (Lipinski definition) is 1. The molecule has 0 saturated carbocycles. The molecule has 3 aromatic rings. The molecule has 1 N–H and O–H groups in total. The number of nitrogens with one attached hydrogen (secondary N) is 1. The molecule has 1 heterocycles. The van der Waals surface area contributed by atoms with Crippen LogP contribution in [0.2, 0.25) is 10.0 Å². The summed E-state index contributed by atoms with van der Waals surface area (Å²) in [5.74, 6) is 0.507. The van der Waals surface area contributed by atoms with Crippen LogP contribution in [0.3, 0.4) is 0 Å². The van der Waals surface area contributed by atoms with Gasteiger partial charge in [-0.25, -0.2) is 4.98 Å². The molecule has 0 aliphatic carbocycles. The summed E-state index contributed by atoms with van der Waals surface area (Å²) in [4.78, 5) is 16.5. The van der Waals surface area contributed by atoms with Crippen molar-refractivity contribution >= 4 is 46.1 Å². The van der Waals surface area contributed by atoms with Gasteiger partial charge in [-0.15, -0.1) is 11.3 Å². The number of aromatic nitrogens is 1. The molecular weight excluding hydrogens is 403 g/mol. The van der Waals surface area contributed by atoms with Gasteiger partial charge in [-0.05, 0) is 43.7 Å². The maximum Gasteiger partial charge on any atom is 0.224 e. The summed E-state index contributed by atoms with van der Waals surface area (Å²) in [5, 5.41) is 6.96. The van der Waals surface area contributed by atoms with Gasteiger partial charge in [0.15, 0.2) is 0 Å². The normalized spacial score (nSPS) is 10.6. The number of thiazole rings is 1. The zero-order valence-electron chi connectivity index (χ0n) is 14.7. The van der Waals surface area contributed by atoms with Gasteiger partial charge < -0.3 is 10.1 Å². The fourth-order valence-electron chi connectivity index (χ4n) is 2.45. The molecule has 3 rings (SSSR count). The number of benzene rings is 2. The summed E-state index contributed by atoms with van der Waals surface area (Å²) >= 11 is 13.5. The molecule has 0 aliphatic heterocycles. The van der Waals surface area contributed by atoms with Crippen molar-refractivity contribution in [2.45, 2.75) is 19.8 Å². The maximum atomic E-state index is 12.1. The minimum atomic E-state index is -0.0574. The highest BCUT2D eigenvalue weighted by atomic mass is 35.5. The van der Waals surface area contributed by atoms with Crippen molar-refractivity contribution in [3.63, 3.8) is 0 Å². The number of carbonyl (C=O) groups excluding carboxylic acids is 1. The molecule has 0 atom stereocenters. The number of rotatable bonds is 7. The fraction of sp³-hybridized carbons (Fsp3) is 0.200. The Morgan fingerprint density at radius 3 is 2.63 bits per heavy atom. The van der Waals surface area contributed by atoms with E-state index in [0.29, 0.717) is 35.2 Å². The third kappa shape index (κ3) is 5.70. The van der Waals surface area contributed by atoms with E-state index in [2.05, 4.69) is 10.3 Å². The second kappa shape index (κ2) is 9.22. The molecule has 0 fully saturated rings. The van der Waals surface area contributed by atoms with E-state index in [1.165, 1.54) is 0 Å². The van der Waals surface area contributed by atoms with Crippen molar-refractivity contribution in [1.82, 2.24) is 4.98 Å².